The normalized spacial score (nSPS) is 24.8. The molecule has 0 N–H and O–H groups in total. The number of hydrogen-bond donors (Lipinski definition) is 0. The Morgan fingerprint density at radius 3 is 2.72 bits per heavy atom. The fourth-order valence-corrected chi connectivity index (χ4v) is 4.78. The average Bonchev–Trinajstić information content (AvgIpc) is 3.44. The van der Waals surface area contributed by atoms with E-state index in [9.17, 15) is 14.0 Å². The summed E-state index contributed by atoms with van der Waals surface area (Å²) >= 11 is 3.16. The van der Waals surface area contributed by atoms with Crippen molar-refractivity contribution in [3.63, 3.8) is 0 Å². The first-order valence-corrected chi connectivity index (χ1v) is 10.7. The quantitative estimate of drug-likeness (QED) is 0.682. The molecule has 9 heteroatoms. The molecule has 2 heterocycles. The SMILES string of the molecule is O=C1C2CCCCC2N(Cc2nc(-c3ccc(F)c(Br)c3)no2)C(=O)N1C1CC1. The summed E-state index contributed by atoms with van der Waals surface area (Å²) in [4.78, 5) is 33.6. The molecule has 152 valence electrons. The molecule has 5 rings (SSSR count). The Labute approximate surface area is 175 Å². The van der Waals surface area contributed by atoms with Gasteiger partial charge in [0, 0.05) is 17.6 Å². The zero-order chi connectivity index (χ0) is 20.1. The van der Waals surface area contributed by atoms with E-state index in [1.165, 1.54) is 11.0 Å². The van der Waals surface area contributed by atoms with Crippen LogP contribution in [0, 0.1) is 11.7 Å². The lowest BCUT2D eigenvalue weighted by Crippen LogP contribution is -2.62. The maximum Gasteiger partial charge on any atom is 0.327 e. The van der Waals surface area contributed by atoms with E-state index in [2.05, 4.69) is 26.1 Å². The van der Waals surface area contributed by atoms with Crippen molar-refractivity contribution in [1.29, 1.82) is 0 Å². The Kier molecular flexibility index (Phi) is 4.64. The van der Waals surface area contributed by atoms with E-state index < -0.39 is 0 Å². The maximum atomic E-state index is 13.5. The van der Waals surface area contributed by atoms with Crippen molar-refractivity contribution in [1.82, 2.24) is 19.9 Å². The molecule has 3 aliphatic rings. The minimum absolute atomic E-state index is 0.0131. The number of carbonyl (C=O) groups is 2. The second-order valence-electron chi connectivity index (χ2n) is 7.95. The van der Waals surface area contributed by atoms with Crippen LogP contribution in [0.5, 0.6) is 0 Å². The zero-order valence-corrected chi connectivity index (χ0v) is 17.3. The highest BCUT2D eigenvalue weighted by atomic mass is 79.9. The standard InChI is InChI=1S/C20H20BrFN4O3/c21-14-9-11(5-8-15(14)22)18-23-17(29-24-18)10-25-16-4-2-1-3-13(16)19(27)26(20(25)28)12-6-7-12/h5,8-9,12-13,16H,1-4,6-7,10H2. The van der Waals surface area contributed by atoms with Crippen molar-refractivity contribution in [2.45, 2.75) is 57.2 Å². The first-order valence-electron chi connectivity index (χ1n) is 9.94. The van der Waals surface area contributed by atoms with E-state index in [4.69, 9.17) is 4.52 Å². The third-order valence-electron chi connectivity index (χ3n) is 6.00. The van der Waals surface area contributed by atoms with E-state index >= 15 is 0 Å². The van der Waals surface area contributed by atoms with Crippen LogP contribution in [0.15, 0.2) is 27.2 Å². The molecule has 1 aromatic heterocycles. The first-order chi connectivity index (χ1) is 14.0. The molecule has 3 fully saturated rings. The topological polar surface area (TPSA) is 79.5 Å². The van der Waals surface area contributed by atoms with Gasteiger partial charge in [0.15, 0.2) is 0 Å². The molecule has 1 aromatic carbocycles. The molecule has 0 spiro atoms. The Hall–Kier alpha value is -2.29. The van der Waals surface area contributed by atoms with Crippen LogP contribution in [0.2, 0.25) is 0 Å². The largest absolute Gasteiger partial charge is 0.337 e. The maximum absolute atomic E-state index is 13.5. The second kappa shape index (κ2) is 7.19. The number of halogens is 2. The third-order valence-corrected chi connectivity index (χ3v) is 6.61. The van der Waals surface area contributed by atoms with Crippen molar-refractivity contribution >= 4 is 27.9 Å². The monoisotopic (exact) mass is 462 g/mol. The van der Waals surface area contributed by atoms with Gasteiger partial charge in [0.05, 0.1) is 10.4 Å². The van der Waals surface area contributed by atoms with E-state index in [1.807, 2.05) is 0 Å². The Morgan fingerprint density at radius 2 is 1.97 bits per heavy atom. The van der Waals surface area contributed by atoms with Crippen LogP contribution in [0.3, 0.4) is 0 Å². The number of rotatable bonds is 4. The summed E-state index contributed by atoms with van der Waals surface area (Å²) in [6.07, 6.45) is 5.40. The predicted molar refractivity (Wildman–Crippen MR) is 104 cm³/mol. The molecule has 2 atom stereocenters. The van der Waals surface area contributed by atoms with E-state index in [0.29, 0.717) is 21.8 Å². The van der Waals surface area contributed by atoms with E-state index in [0.717, 1.165) is 38.5 Å². The van der Waals surface area contributed by atoms with Crippen LogP contribution in [-0.2, 0) is 11.3 Å². The minimum Gasteiger partial charge on any atom is -0.337 e. The van der Waals surface area contributed by atoms with Crippen molar-refractivity contribution in [3.05, 3.63) is 34.4 Å². The molecule has 1 aliphatic heterocycles. The fraction of sp³-hybridized carbons (Fsp3) is 0.500. The summed E-state index contributed by atoms with van der Waals surface area (Å²) < 4.78 is 19.2. The Bertz CT molecular complexity index is 976. The van der Waals surface area contributed by atoms with Crippen molar-refractivity contribution in [2.75, 3.05) is 0 Å². The highest BCUT2D eigenvalue weighted by Crippen LogP contribution is 2.40. The number of urea groups is 1. The molecule has 2 saturated carbocycles. The van der Waals surface area contributed by atoms with Crippen molar-refractivity contribution < 1.29 is 18.5 Å². The van der Waals surface area contributed by atoms with Crippen molar-refractivity contribution in [2.24, 2.45) is 5.92 Å². The number of imide groups is 1. The van der Waals surface area contributed by atoms with Crippen LogP contribution in [0.1, 0.15) is 44.4 Å². The van der Waals surface area contributed by atoms with Gasteiger partial charge in [-0.3, -0.25) is 9.69 Å². The average molecular weight is 463 g/mol. The molecule has 2 aliphatic carbocycles. The summed E-state index contributed by atoms with van der Waals surface area (Å²) in [5, 5.41) is 3.99. The minimum atomic E-state index is -0.371. The zero-order valence-electron chi connectivity index (χ0n) is 15.7. The van der Waals surface area contributed by atoms with Gasteiger partial charge < -0.3 is 9.42 Å². The highest BCUT2D eigenvalue weighted by Gasteiger charge is 2.51. The number of hydrogen-bond acceptors (Lipinski definition) is 5. The third kappa shape index (κ3) is 3.35. The van der Waals surface area contributed by atoms with Gasteiger partial charge in [-0.2, -0.15) is 4.98 Å². The summed E-state index contributed by atoms with van der Waals surface area (Å²) in [6.45, 7) is 0.172. The highest BCUT2D eigenvalue weighted by molar-refractivity contribution is 9.10. The van der Waals surface area contributed by atoms with Gasteiger partial charge >= 0.3 is 6.03 Å². The molecule has 2 aromatic rings. The van der Waals surface area contributed by atoms with Crippen LogP contribution in [-0.4, -0.2) is 44.0 Å². The summed E-state index contributed by atoms with van der Waals surface area (Å²) in [5.74, 6) is 0.117. The summed E-state index contributed by atoms with van der Waals surface area (Å²) in [7, 11) is 0. The van der Waals surface area contributed by atoms with Crippen LogP contribution in [0.25, 0.3) is 11.4 Å². The van der Waals surface area contributed by atoms with E-state index in [-0.39, 0.29) is 42.3 Å². The fourth-order valence-electron chi connectivity index (χ4n) is 4.40. The van der Waals surface area contributed by atoms with Gasteiger partial charge in [0.2, 0.25) is 17.6 Å². The van der Waals surface area contributed by atoms with Crippen LogP contribution in [0.4, 0.5) is 9.18 Å². The van der Waals surface area contributed by atoms with Gasteiger partial charge in [0.1, 0.15) is 12.4 Å². The van der Waals surface area contributed by atoms with Crippen LogP contribution >= 0.6 is 15.9 Å². The number of aromatic nitrogens is 2. The number of nitrogens with zero attached hydrogens (tertiary/aromatic N) is 4. The Balaban J connectivity index is 1.41. The predicted octanol–water partition coefficient (Wildman–Crippen LogP) is 4.12. The second-order valence-corrected chi connectivity index (χ2v) is 8.80. The van der Waals surface area contributed by atoms with Crippen LogP contribution < -0.4 is 0 Å². The Morgan fingerprint density at radius 1 is 1.17 bits per heavy atom. The molecule has 7 nitrogen and oxygen atoms in total. The first kappa shape index (κ1) is 18.7. The number of benzene rings is 1. The lowest BCUT2D eigenvalue weighted by Gasteiger charge is -2.46. The number of fused-ring (bicyclic) bond motifs is 1. The smallest absolute Gasteiger partial charge is 0.327 e. The van der Waals surface area contributed by atoms with E-state index in [1.54, 1.807) is 17.0 Å². The molecule has 2 unspecified atom stereocenters. The van der Waals surface area contributed by atoms with Gasteiger partial charge in [0.25, 0.3) is 0 Å². The summed E-state index contributed by atoms with van der Waals surface area (Å²) in [6, 6.07) is 4.16. The lowest BCUT2D eigenvalue weighted by molar-refractivity contribution is -0.141. The molecular weight excluding hydrogens is 443 g/mol. The lowest BCUT2D eigenvalue weighted by atomic mass is 9.81. The van der Waals surface area contributed by atoms with Gasteiger partial charge in [-0.15, -0.1) is 0 Å². The molecule has 0 bridgehead atoms. The molecule has 29 heavy (non-hydrogen) atoms. The molecule has 1 saturated heterocycles. The van der Waals surface area contributed by atoms with Gasteiger partial charge in [-0.1, -0.05) is 18.0 Å². The summed E-state index contributed by atoms with van der Waals surface area (Å²) in [5.41, 5.74) is 0.614. The van der Waals surface area contributed by atoms with Gasteiger partial charge in [-0.05, 0) is 59.8 Å². The number of carbonyl (C=O) groups excluding carboxylic acids is 2. The molecular formula is C20H20BrFN4O3. The number of amides is 3. The van der Waals surface area contributed by atoms with Gasteiger partial charge in [-0.25, -0.2) is 9.18 Å². The molecule has 0 radical (unpaired) electrons. The molecule has 3 amide bonds. The van der Waals surface area contributed by atoms with Crippen molar-refractivity contribution in [3.8, 4) is 11.4 Å².